The van der Waals surface area contributed by atoms with Crippen LogP contribution in [0.2, 0.25) is 0 Å². The molecule has 6 nitrogen and oxygen atoms in total. The Morgan fingerprint density at radius 3 is 2.28 bits per heavy atom. The molecule has 2 heterocycles. The normalized spacial score (nSPS) is 15.7. The lowest BCUT2D eigenvalue weighted by Gasteiger charge is -2.34. The minimum Gasteiger partial charge on any atom is -0.497 e. The van der Waals surface area contributed by atoms with E-state index < -0.39 is 10.0 Å². The summed E-state index contributed by atoms with van der Waals surface area (Å²) in [5, 5.41) is 0. The van der Waals surface area contributed by atoms with Crippen LogP contribution in [0, 0.1) is 0 Å². The maximum absolute atomic E-state index is 12.2. The first kappa shape index (κ1) is 26.7. The summed E-state index contributed by atoms with van der Waals surface area (Å²) in [6, 6.07) is 7.64. The molecule has 0 spiro atoms. The minimum absolute atomic E-state index is 0.0332. The van der Waals surface area contributed by atoms with Crippen LogP contribution in [0.4, 0.5) is 0 Å². The average molecular weight is 424 g/mol. The molecule has 3 rings (SSSR count). The number of ether oxygens (including phenoxy) is 1. The van der Waals surface area contributed by atoms with Gasteiger partial charge in [0.25, 0.3) is 10.0 Å². The average Bonchev–Trinajstić information content (AvgIpc) is 2.71. The van der Waals surface area contributed by atoms with Gasteiger partial charge in [-0.05, 0) is 24.6 Å². The summed E-state index contributed by atoms with van der Waals surface area (Å²) in [4.78, 5) is 5.86. The van der Waals surface area contributed by atoms with E-state index in [1.165, 1.54) is 17.1 Å². The second kappa shape index (κ2) is 14.7. The van der Waals surface area contributed by atoms with Crippen LogP contribution in [-0.2, 0) is 16.6 Å². The Bertz CT molecular complexity index is 741. The molecule has 2 aliphatic heterocycles. The van der Waals surface area contributed by atoms with Crippen molar-refractivity contribution in [2.75, 3.05) is 19.5 Å². The fraction of sp³-hybridized carbons (Fsp3) is 0.500. The van der Waals surface area contributed by atoms with Crippen molar-refractivity contribution in [1.29, 1.82) is 0 Å². The van der Waals surface area contributed by atoms with Crippen LogP contribution in [0.1, 0.15) is 53.0 Å². The SMILES string of the molecule is C=CC.CC.CCC.COc1ccc(CN2C=C3CCN=CN3S(=O)(=O)C2)cc1. The summed E-state index contributed by atoms with van der Waals surface area (Å²) in [6.07, 6.45) is 6.97. The third-order valence-electron chi connectivity index (χ3n) is 3.47. The zero-order chi connectivity index (χ0) is 22.3. The third-order valence-corrected chi connectivity index (χ3v) is 5.06. The molecule has 1 aromatic rings. The highest BCUT2D eigenvalue weighted by Crippen LogP contribution is 2.24. The van der Waals surface area contributed by atoms with Gasteiger partial charge in [0.05, 0.1) is 12.8 Å². The van der Waals surface area contributed by atoms with Gasteiger partial charge < -0.3 is 9.64 Å². The second-order valence-corrected chi connectivity index (χ2v) is 7.95. The van der Waals surface area contributed by atoms with E-state index in [4.69, 9.17) is 4.74 Å². The van der Waals surface area contributed by atoms with Crippen molar-refractivity contribution in [3.63, 3.8) is 0 Å². The number of sulfonamides is 1. The van der Waals surface area contributed by atoms with Crippen LogP contribution in [0.25, 0.3) is 0 Å². The van der Waals surface area contributed by atoms with Gasteiger partial charge in [0.2, 0.25) is 0 Å². The maximum atomic E-state index is 12.2. The van der Waals surface area contributed by atoms with E-state index in [1.54, 1.807) is 13.2 Å². The first-order valence-electron chi connectivity index (χ1n) is 10.1. The van der Waals surface area contributed by atoms with Gasteiger partial charge in [-0.2, -0.15) is 0 Å². The summed E-state index contributed by atoms with van der Waals surface area (Å²) < 4.78 is 30.9. The Kier molecular flexibility index (Phi) is 13.5. The molecule has 0 N–H and O–H groups in total. The number of benzene rings is 1. The molecule has 0 bridgehead atoms. The highest BCUT2D eigenvalue weighted by Gasteiger charge is 2.31. The standard InChI is InChI=1S/C14H17N3O3S.C3H8.C3H6.C2H6/c1-20-14-4-2-12(3-5-14)8-16-9-13-6-7-15-10-17(13)21(18,19)11-16;2*1-3-2;1-2/h2-5,9-10H,6-8,11H2,1H3;3H2,1-2H3;3H,1H2,2H3;1-2H3. The van der Waals surface area contributed by atoms with Gasteiger partial charge in [0.1, 0.15) is 18.0 Å². The molecule has 0 saturated heterocycles. The van der Waals surface area contributed by atoms with Crippen molar-refractivity contribution >= 4 is 16.4 Å². The molecular formula is C22H37N3O3S. The fourth-order valence-corrected chi connectivity index (χ4v) is 3.86. The number of aliphatic imine (C=N–C) groups is 1. The quantitative estimate of drug-likeness (QED) is 0.641. The van der Waals surface area contributed by atoms with Crippen LogP contribution in [0.15, 0.2) is 53.8 Å². The fourth-order valence-electron chi connectivity index (χ4n) is 2.44. The van der Waals surface area contributed by atoms with Gasteiger partial charge in [-0.25, -0.2) is 12.7 Å². The molecule has 164 valence electrons. The lowest BCUT2D eigenvalue weighted by molar-refractivity contribution is 0.379. The summed E-state index contributed by atoms with van der Waals surface area (Å²) >= 11 is 0. The first-order valence-corrected chi connectivity index (χ1v) is 11.7. The molecule has 29 heavy (non-hydrogen) atoms. The Labute approximate surface area is 177 Å². The molecule has 7 heteroatoms. The van der Waals surface area contributed by atoms with Crippen LogP contribution < -0.4 is 4.74 Å². The van der Waals surface area contributed by atoms with E-state index in [-0.39, 0.29) is 5.88 Å². The Morgan fingerprint density at radius 1 is 1.21 bits per heavy atom. The number of rotatable bonds is 3. The molecule has 0 atom stereocenters. The van der Waals surface area contributed by atoms with Crippen molar-refractivity contribution in [3.8, 4) is 5.75 Å². The predicted octanol–water partition coefficient (Wildman–Crippen LogP) is 5.01. The molecule has 0 amide bonds. The third kappa shape index (κ3) is 9.17. The lowest BCUT2D eigenvalue weighted by Crippen LogP contribution is -2.43. The van der Waals surface area contributed by atoms with Crippen molar-refractivity contribution in [2.24, 2.45) is 4.99 Å². The van der Waals surface area contributed by atoms with Gasteiger partial charge in [0, 0.05) is 25.7 Å². The highest BCUT2D eigenvalue weighted by atomic mass is 32.2. The minimum atomic E-state index is -3.35. The highest BCUT2D eigenvalue weighted by molar-refractivity contribution is 7.89. The monoisotopic (exact) mass is 423 g/mol. The lowest BCUT2D eigenvalue weighted by atomic mass is 10.2. The van der Waals surface area contributed by atoms with Crippen LogP contribution in [0.5, 0.6) is 5.75 Å². The zero-order valence-corrected chi connectivity index (χ0v) is 19.6. The molecule has 0 aliphatic carbocycles. The van der Waals surface area contributed by atoms with Crippen molar-refractivity contribution in [2.45, 2.75) is 54.0 Å². The predicted molar refractivity (Wildman–Crippen MR) is 123 cm³/mol. The molecular weight excluding hydrogens is 386 g/mol. The maximum Gasteiger partial charge on any atom is 0.258 e. The largest absolute Gasteiger partial charge is 0.497 e. The molecule has 0 saturated carbocycles. The van der Waals surface area contributed by atoms with E-state index in [2.05, 4.69) is 25.4 Å². The van der Waals surface area contributed by atoms with Gasteiger partial charge in [-0.15, -0.1) is 6.58 Å². The molecule has 0 radical (unpaired) electrons. The number of nitrogens with zero attached hydrogens (tertiary/aromatic N) is 3. The number of allylic oxidation sites excluding steroid dienone is 1. The van der Waals surface area contributed by atoms with E-state index in [9.17, 15) is 8.42 Å². The Balaban J connectivity index is 0.000000858. The Hall–Kier alpha value is -2.28. The summed E-state index contributed by atoms with van der Waals surface area (Å²) in [5.74, 6) is 0.757. The van der Waals surface area contributed by atoms with Crippen LogP contribution in [0.3, 0.4) is 0 Å². The van der Waals surface area contributed by atoms with E-state index in [0.717, 1.165) is 17.0 Å². The van der Waals surface area contributed by atoms with E-state index >= 15 is 0 Å². The first-order chi connectivity index (χ1) is 13.9. The topological polar surface area (TPSA) is 62.2 Å². The van der Waals surface area contributed by atoms with Gasteiger partial charge in [-0.3, -0.25) is 4.99 Å². The Morgan fingerprint density at radius 2 is 1.76 bits per heavy atom. The van der Waals surface area contributed by atoms with Crippen LogP contribution >= 0.6 is 0 Å². The van der Waals surface area contributed by atoms with Crippen molar-refractivity contribution in [1.82, 2.24) is 9.21 Å². The van der Waals surface area contributed by atoms with E-state index in [1.807, 2.05) is 56.1 Å². The molecule has 2 aliphatic rings. The van der Waals surface area contributed by atoms with E-state index in [0.29, 0.717) is 19.5 Å². The number of hydrogen-bond donors (Lipinski definition) is 0. The summed E-state index contributed by atoms with van der Waals surface area (Å²) in [5.41, 5.74) is 1.82. The number of fused-ring (bicyclic) bond motifs is 1. The molecule has 0 unspecified atom stereocenters. The smallest absolute Gasteiger partial charge is 0.258 e. The second-order valence-electron chi connectivity index (χ2n) is 6.14. The molecule has 0 fully saturated rings. The number of methoxy groups -OCH3 is 1. The van der Waals surface area contributed by atoms with Crippen LogP contribution in [-0.4, -0.2) is 43.5 Å². The zero-order valence-electron chi connectivity index (χ0n) is 18.8. The molecule has 1 aromatic carbocycles. The van der Waals surface area contributed by atoms with Crippen molar-refractivity contribution in [3.05, 3.63) is 54.4 Å². The van der Waals surface area contributed by atoms with Gasteiger partial charge in [-0.1, -0.05) is 52.3 Å². The van der Waals surface area contributed by atoms with Crippen molar-refractivity contribution < 1.29 is 13.2 Å². The summed E-state index contributed by atoms with van der Waals surface area (Å²) in [7, 11) is -1.73. The number of hydrogen-bond acceptors (Lipinski definition) is 5. The van der Waals surface area contributed by atoms with Gasteiger partial charge >= 0.3 is 0 Å². The van der Waals surface area contributed by atoms with Gasteiger partial charge in [0.15, 0.2) is 0 Å². The molecule has 0 aromatic heterocycles. The summed E-state index contributed by atoms with van der Waals surface area (Å²) in [6.45, 7) is 14.7.